The molecule has 2 aromatic rings. The summed E-state index contributed by atoms with van der Waals surface area (Å²) < 4.78 is 5.70. The quantitative estimate of drug-likeness (QED) is 0.614. The van der Waals surface area contributed by atoms with E-state index in [4.69, 9.17) is 4.74 Å². The summed E-state index contributed by atoms with van der Waals surface area (Å²) in [5, 5.41) is 2.26. The third kappa shape index (κ3) is 3.81. The normalized spacial score (nSPS) is 15.7. The number of hydrogen-bond acceptors (Lipinski definition) is 4. The molecular formula is C22H22N2O4. The van der Waals surface area contributed by atoms with Gasteiger partial charge in [0.2, 0.25) is 0 Å². The summed E-state index contributed by atoms with van der Waals surface area (Å²) in [5.41, 5.74) is 1.80. The van der Waals surface area contributed by atoms with E-state index in [1.165, 1.54) is 6.08 Å². The van der Waals surface area contributed by atoms with Gasteiger partial charge in [-0.15, -0.1) is 0 Å². The number of ether oxygens (including phenoxy) is 1. The van der Waals surface area contributed by atoms with E-state index < -0.39 is 17.8 Å². The van der Waals surface area contributed by atoms with Crippen molar-refractivity contribution in [3.05, 3.63) is 65.2 Å². The Morgan fingerprint density at radius 1 is 1.00 bits per heavy atom. The number of aryl methyl sites for hydroxylation is 1. The predicted molar refractivity (Wildman–Crippen MR) is 107 cm³/mol. The molecule has 28 heavy (non-hydrogen) atoms. The molecular weight excluding hydrogens is 356 g/mol. The Hall–Kier alpha value is -3.41. The maximum atomic E-state index is 13.1. The highest BCUT2D eigenvalue weighted by Crippen LogP contribution is 2.27. The molecule has 1 aliphatic rings. The van der Waals surface area contributed by atoms with E-state index in [9.17, 15) is 14.4 Å². The van der Waals surface area contributed by atoms with E-state index in [0.29, 0.717) is 30.0 Å². The molecule has 6 heteroatoms. The zero-order valence-corrected chi connectivity index (χ0v) is 15.9. The van der Waals surface area contributed by atoms with Crippen LogP contribution in [0.5, 0.6) is 5.75 Å². The molecule has 0 saturated carbocycles. The summed E-state index contributed by atoms with van der Waals surface area (Å²) in [6.45, 7) is 4.46. The van der Waals surface area contributed by atoms with E-state index in [2.05, 4.69) is 5.32 Å². The van der Waals surface area contributed by atoms with Gasteiger partial charge in [-0.05, 0) is 36.6 Å². The summed E-state index contributed by atoms with van der Waals surface area (Å²) >= 11 is 0. The molecule has 3 rings (SSSR count). The van der Waals surface area contributed by atoms with Crippen LogP contribution >= 0.6 is 0 Å². The molecule has 0 aliphatic carbocycles. The number of carbonyl (C=O) groups is 3. The number of nitrogens with zero attached hydrogens (tertiary/aromatic N) is 1. The van der Waals surface area contributed by atoms with Gasteiger partial charge in [0.05, 0.1) is 12.3 Å². The molecule has 1 fully saturated rings. The van der Waals surface area contributed by atoms with Crippen molar-refractivity contribution in [1.82, 2.24) is 5.32 Å². The van der Waals surface area contributed by atoms with Gasteiger partial charge in [-0.2, -0.15) is 0 Å². The SMILES string of the molecule is CCCOc1ccccc1/C=C1/C(=O)NC(=O)N(c2ccccc2CC)C1=O. The molecule has 0 radical (unpaired) electrons. The highest BCUT2D eigenvalue weighted by atomic mass is 16.5. The number of rotatable bonds is 6. The van der Waals surface area contributed by atoms with Gasteiger partial charge in [-0.3, -0.25) is 14.9 Å². The molecule has 4 amide bonds. The first-order valence-corrected chi connectivity index (χ1v) is 9.28. The lowest BCUT2D eigenvalue weighted by Crippen LogP contribution is -2.54. The molecule has 2 aromatic carbocycles. The number of anilines is 1. The van der Waals surface area contributed by atoms with Crippen molar-refractivity contribution in [2.24, 2.45) is 0 Å². The molecule has 0 aromatic heterocycles. The fourth-order valence-electron chi connectivity index (χ4n) is 3.00. The summed E-state index contributed by atoms with van der Waals surface area (Å²) in [4.78, 5) is 38.9. The molecule has 0 spiro atoms. The van der Waals surface area contributed by atoms with Crippen LogP contribution in [-0.4, -0.2) is 24.5 Å². The Morgan fingerprint density at radius 2 is 1.71 bits per heavy atom. The molecule has 1 heterocycles. The van der Waals surface area contributed by atoms with Crippen molar-refractivity contribution in [3.8, 4) is 5.75 Å². The van der Waals surface area contributed by atoms with Crippen LogP contribution in [0.15, 0.2) is 54.1 Å². The zero-order chi connectivity index (χ0) is 20.1. The second-order valence-electron chi connectivity index (χ2n) is 6.33. The summed E-state index contributed by atoms with van der Waals surface area (Å²) in [6, 6.07) is 13.6. The van der Waals surface area contributed by atoms with E-state index in [0.717, 1.165) is 16.9 Å². The minimum absolute atomic E-state index is 0.113. The molecule has 144 valence electrons. The van der Waals surface area contributed by atoms with E-state index in [1.54, 1.807) is 30.3 Å². The third-order valence-corrected chi connectivity index (χ3v) is 4.40. The number of urea groups is 1. The van der Waals surface area contributed by atoms with Gasteiger partial charge in [0.25, 0.3) is 11.8 Å². The summed E-state index contributed by atoms with van der Waals surface area (Å²) in [5.74, 6) is -0.791. The topological polar surface area (TPSA) is 75.7 Å². The first-order valence-electron chi connectivity index (χ1n) is 9.28. The minimum atomic E-state index is -0.747. The third-order valence-electron chi connectivity index (χ3n) is 4.40. The lowest BCUT2D eigenvalue weighted by molar-refractivity contribution is -0.122. The van der Waals surface area contributed by atoms with Crippen molar-refractivity contribution in [2.75, 3.05) is 11.5 Å². The number of barbiturate groups is 1. The number of carbonyl (C=O) groups excluding carboxylic acids is 3. The minimum Gasteiger partial charge on any atom is -0.493 e. The van der Waals surface area contributed by atoms with Crippen LogP contribution in [0.3, 0.4) is 0 Å². The number of imide groups is 2. The van der Waals surface area contributed by atoms with E-state index in [1.807, 2.05) is 32.0 Å². The van der Waals surface area contributed by atoms with Gasteiger partial charge in [-0.1, -0.05) is 50.2 Å². The van der Waals surface area contributed by atoms with Crippen molar-refractivity contribution < 1.29 is 19.1 Å². The second kappa shape index (κ2) is 8.52. The first-order chi connectivity index (χ1) is 13.6. The average molecular weight is 378 g/mol. The number of benzene rings is 2. The van der Waals surface area contributed by atoms with E-state index >= 15 is 0 Å². The highest BCUT2D eigenvalue weighted by Gasteiger charge is 2.37. The predicted octanol–water partition coefficient (Wildman–Crippen LogP) is 3.70. The first kappa shape index (κ1) is 19.4. The molecule has 0 unspecified atom stereocenters. The molecule has 1 saturated heterocycles. The maximum Gasteiger partial charge on any atom is 0.335 e. The van der Waals surface area contributed by atoms with Crippen LogP contribution < -0.4 is 15.0 Å². The molecule has 1 aliphatic heterocycles. The number of nitrogens with one attached hydrogen (secondary N) is 1. The van der Waals surface area contributed by atoms with Gasteiger partial charge < -0.3 is 4.74 Å². The lowest BCUT2D eigenvalue weighted by Gasteiger charge is -2.28. The van der Waals surface area contributed by atoms with Crippen molar-refractivity contribution in [3.63, 3.8) is 0 Å². The summed E-state index contributed by atoms with van der Waals surface area (Å²) in [6.07, 6.45) is 2.95. The van der Waals surface area contributed by atoms with Crippen molar-refractivity contribution in [1.29, 1.82) is 0 Å². The average Bonchev–Trinajstić information content (AvgIpc) is 2.70. The Morgan fingerprint density at radius 3 is 2.46 bits per heavy atom. The lowest BCUT2D eigenvalue weighted by atomic mass is 10.0. The van der Waals surface area contributed by atoms with Crippen LogP contribution in [0, 0.1) is 0 Å². The number of para-hydroxylation sites is 2. The Bertz CT molecular complexity index is 949. The van der Waals surface area contributed by atoms with Gasteiger partial charge in [0.1, 0.15) is 11.3 Å². The number of amides is 4. The summed E-state index contributed by atoms with van der Waals surface area (Å²) in [7, 11) is 0. The van der Waals surface area contributed by atoms with E-state index in [-0.39, 0.29) is 5.57 Å². The largest absolute Gasteiger partial charge is 0.493 e. The van der Waals surface area contributed by atoms with Crippen LogP contribution in [-0.2, 0) is 16.0 Å². The fraction of sp³-hybridized carbons (Fsp3) is 0.227. The fourth-order valence-corrected chi connectivity index (χ4v) is 3.00. The van der Waals surface area contributed by atoms with Crippen LogP contribution in [0.4, 0.5) is 10.5 Å². The number of hydrogen-bond donors (Lipinski definition) is 1. The molecule has 6 nitrogen and oxygen atoms in total. The molecule has 0 bridgehead atoms. The molecule has 1 N–H and O–H groups in total. The van der Waals surface area contributed by atoms with Crippen LogP contribution in [0.25, 0.3) is 6.08 Å². The van der Waals surface area contributed by atoms with Crippen molar-refractivity contribution in [2.45, 2.75) is 26.7 Å². The zero-order valence-electron chi connectivity index (χ0n) is 15.9. The van der Waals surface area contributed by atoms with Gasteiger partial charge in [-0.25, -0.2) is 9.69 Å². The van der Waals surface area contributed by atoms with Crippen LogP contribution in [0.2, 0.25) is 0 Å². The Balaban J connectivity index is 2.03. The maximum absolute atomic E-state index is 13.1. The highest BCUT2D eigenvalue weighted by molar-refractivity contribution is 6.39. The monoisotopic (exact) mass is 378 g/mol. The van der Waals surface area contributed by atoms with Gasteiger partial charge >= 0.3 is 6.03 Å². The van der Waals surface area contributed by atoms with Gasteiger partial charge in [0, 0.05) is 5.56 Å². The second-order valence-corrected chi connectivity index (χ2v) is 6.33. The Kier molecular flexibility index (Phi) is 5.89. The van der Waals surface area contributed by atoms with Crippen LogP contribution in [0.1, 0.15) is 31.4 Å². The Labute approximate surface area is 163 Å². The smallest absolute Gasteiger partial charge is 0.335 e. The van der Waals surface area contributed by atoms with Crippen molar-refractivity contribution >= 4 is 29.6 Å². The standard InChI is InChI=1S/C22H22N2O4/c1-3-13-28-19-12-8-6-10-16(19)14-17-20(25)23-22(27)24(21(17)26)18-11-7-5-9-15(18)4-2/h5-12,14H,3-4,13H2,1-2H3,(H,23,25,27)/b17-14-. The molecule has 0 atom stereocenters. The van der Waals surface area contributed by atoms with Gasteiger partial charge in [0.15, 0.2) is 0 Å².